The van der Waals surface area contributed by atoms with E-state index < -0.39 is 0 Å². The zero-order valence-corrected chi connectivity index (χ0v) is 16.2. The highest BCUT2D eigenvalue weighted by atomic mass is 32.1. The number of aryl methyl sites for hydroxylation is 2. The van der Waals surface area contributed by atoms with Crippen LogP contribution in [0.1, 0.15) is 35.0 Å². The van der Waals surface area contributed by atoms with Gasteiger partial charge < -0.3 is 14.5 Å². The maximum Gasteiger partial charge on any atom is 0.146 e. The van der Waals surface area contributed by atoms with Crippen LogP contribution in [0, 0.1) is 13.8 Å². The molecule has 1 aliphatic heterocycles. The van der Waals surface area contributed by atoms with Crippen LogP contribution in [-0.2, 0) is 11.3 Å². The molecule has 7 heteroatoms. The number of rotatable bonds is 5. The molecule has 4 heterocycles. The lowest BCUT2D eigenvalue weighted by molar-refractivity contribution is 0.0331. The Morgan fingerprint density at radius 3 is 2.81 bits per heavy atom. The van der Waals surface area contributed by atoms with Crippen LogP contribution in [0.15, 0.2) is 22.8 Å². The van der Waals surface area contributed by atoms with Crippen LogP contribution in [0.3, 0.4) is 0 Å². The fourth-order valence-corrected chi connectivity index (χ4v) is 4.29. The summed E-state index contributed by atoms with van der Waals surface area (Å²) in [7, 11) is 0. The smallest absolute Gasteiger partial charge is 0.146 e. The summed E-state index contributed by atoms with van der Waals surface area (Å²) in [6.45, 7) is 10.5. The van der Waals surface area contributed by atoms with Crippen LogP contribution in [0.4, 0.5) is 5.82 Å². The Labute approximate surface area is 157 Å². The summed E-state index contributed by atoms with van der Waals surface area (Å²) in [4.78, 5) is 14.4. The molecule has 0 radical (unpaired) electrons. The molecule has 1 saturated heterocycles. The average molecular weight is 372 g/mol. The van der Waals surface area contributed by atoms with E-state index in [0.29, 0.717) is 0 Å². The van der Waals surface area contributed by atoms with Gasteiger partial charge in [-0.15, -0.1) is 11.3 Å². The van der Waals surface area contributed by atoms with Gasteiger partial charge in [-0.2, -0.15) is 0 Å². The number of aromatic nitrogens is 2. The van der Waals surface area contributed by atoms with Gasteiger partial charge in [-0.05, 0) is 38.5 Å². The SMILES string of the molecule is Cc1sc2nc(CN3CCOCC3)nc(NC(C)c3ccco3)c2c1C. The second kappa shape index (κ2) is 7.34. The van der Waals surface area contributed by atoms with Crippen LogP contribution in [-0.4, -0.2) is 41.2 Å². The monoisotopic (exact) mass is 372 g/mol. The van der Waals surface area contributed by atoms with E-state index in [1.165, 1.54) is 10.4 Å². The number of nitrogens with zero attached hydrogens (tertiary/aromatic N) is 3. The van der Waals surface area contributed by atoms with E-state index in [9.17, 15) is 0 Å². The Bertz CT molecular complexity index is 885. The summed E-state index contributed by atoms with van der Waals surface area (Å²) in [6, 6.07) is 3.93. The Morgan fingerprint density at radius 2 is 2.08 bits per heavy atom. The predicted molar refractivity (Wildman–Crippen MR) is 104 cm³/mol. The first kappa shape index (κ1) is 17.5. The Balaban J connectivity index is 1.68. The van der Waals surface area contributed by atoms with Gasteiger partial charge in [0.1, 0.15) is 22.2 Å². The second-order valence-electron chi connectivity index (χ2n) is 6.72. The van der Waals surface area contributed by atoms with Crippen molar-refractivity contribution < 1.29 is 9.15 Å². The van der Waals surface area contributed by atoms with Crippen molar-refractivity contribution in [3.05, 3.63) is 40.4 Å². The molecule has 1 unspecified atom stereocenters. The highest BCUT2D eigenvalue weighted by molar-refractivity contribution is 7.18. The number of furan rings is 1. The van der Waals surface area contributed by atoms with E-state index >= 15 is 0 Å². The fraction of sp³-hybridized carbons (Fsp3) is 0.474. The van der Waals surface area contributed by atoms with E-state index in [-0.39, 0.29) is 6.04 Å². The van der Waals surface area contributed by atoms with Crippen molar-refractivity contribution in [2.45, 2.75) is 33.4 Å². The summed E-state index contributed by atoms with van der Waals surface area (Å²) < 4.78 is 11.0. The number of thiophene rings is 1. The normalized spacial score (nSPS) is 16.9. The van der Waals surface area contributed by atoms with E-state index in [4.69, 9.17) is 19.1 Å². The fourth-order valence-electron chi connectivity index (χ4n) is 3.24. The highest BCUT2D eigenvalue weighted by Crippen LogP contribution is 2.35. The van der Waals surface area contributed by atoms with Gasteiger partial charge in [-0.1, -0.05) is 0 Å². The summed E-state index contributed by atoms with van der Waals surface area (Å²) in [5, 5.41) is 4.66. The number of ether oxygens (including phenoxy) is 1. The van der Waals surface area contributed by atoms with Gasteiger partial charge in [0.15, 0.2) is 0 Å². The van der Waals surface area contributed by atoms with Crippen molar-refractivity contribution in [2.75, 3.05) is 31.6 Å². The molecule has 26 heavy (non-hydrogen) atoms. The molecule has 0 spiro atoms. The Morgan fingerprint density at radius 1 is 1.27 bits per heavy atom. The lowest BCUT2D eigenvalue weighted by Crippen LogP contribution is -2.36. The van der Waals surface area contributed by atoms with Gasteiger partial charge >= 0.3 is 0 Å². The Kier molecular flexibility index (Phi) is 4.93. The van der Waals surface area contributed by atoms with Gasteiger partial charge in [-0.3, -0.25) is 4.90 Å². The molecule has 3 aromatic rings. The molecule has 138 valence electrons. The van der Waals surface area contributed by atoms with Crippen LogP contribution in [0.2, 0.25) is 0 Å². The van der Waals surface area contributed by atoms with Crippen molar-refractivity contribution in [2.24, 2.45) is 0 Å². The van der Waals surface area contributed by atoms with Gasteiger partial charge in [0.25, 0.3) is 0 Å². The van der Waals surface area contributed by atoms with Crippen molar-refractivity contribution in [1.82, 2.24) is 14.9 Å². The molecular formula is C19H24N4O2S. The van der Waals surface area contributed by atoms with Crippen LogP contribution >= 0.6 is 11.3 Å². The lowest BCUT2D eigenvalue weighted by Gasteiger charge is -2.26. The number of nitrogens with one attached hydrogen (secondary N) is 1. The average Bonchev–Trinajstić information content (AvgIpc) is 3.25. The van der Waals surface area contributed by atoms with Gasteiger partial charge in [0.2, 0.25) is 0 Å². The maximum absolute atomic E-state index is 5.54. The Hall–Kier alpha value is -1.96. The van der Waals surface area contributed by atoms with Crippen LogP contribution < -0.4 is 5.32 Å². The van der Waals surface area contributed by atoms with Crippen LogP contribution in [0.5, 0.6) is 0 Å². The van der Waals surface area contributed by atoms with Gasteiger partial charge in [0.05, 0.1) is 37.4 Å². The third-order valence-electron chi connectivity index (χ3n) is 4.87. The molecule has 3 aromatic heterocycles. The highest BCUT2D eigenvalue weighted by Gasteiger charge is 2.19. The zero-order chi connectivity index (χ0) is 18.1. The van der Waals surface area contributed by atoms with Crippen LogP contribution in [0.25, 0.3) is 10.2 Å². The molecule has 0 amide bonds. The van der Waals surface area contributed by atoms with E-state index in [1.54, 1.807) is 17.6 Å². The zero-order valence-electron chi connectivity index (χ0n) is 15.4. The second-order valence-corrected chi connectivity index (χ2v) is 7.93. The molecule has 0 aromatic carbocycles. The summed E-state index contributed by atoms with van der Waals surface area (Å²) in [6.07, 6.45) is 1.70. The molecule has 4 rings (SSSR count). The first-order valence-electron chi connectivity index (χ1n) is 8.98. The van der Waals surface area contributed by atoms with Crippen molar-refractivity contribution in [1.29, 1.82) is 0 Å². The molecule has 0 bridgehead atoms. The third kappa shape index (κ3) is 3.47. The minimum atomic E-state index is 0.0407. The first-order chi connectivity index (χ1) is 12.6. The number of anilines is 1. The number of hydrogen-bond acceptors (Lipinski definition) is 7. The number of hydrogen-bond donors (Lipinski definition) is 1. The molecule has 0 saturated carbocycles. The van der Waals surface area contributed by atoms with E-state index in [0.717, 1.165) is 60.5 Å². The molecule has 1 fully saturated rings. The number of fused-ring (bicyclic) bond motifs is 1. The number of morpholine rings is 1. The van der Waals surface area contributed by atoms with E-state index in [2.05, 4.69) is 31.0 Å². The predicted octanol–water partition coefficient (Wildman–Crippen LogP) is 3.91. The standard InChI is InChI=1S/C19H24N4O2S/c1-12-14(3)26-19-17(12)18(20-13(2)15-5-4-8-25-15)21-16(22-19)11-23-6-9-24-10-7-23/h4-5,8,13H,6-7,9-11H2,1-3H3,(H,20,21,22). The van der Waals surface area contributed by atoms with Crippen molar-refractivity contribution in [3.63, 3.8) is 0 Å². The summed E-state index contributed by atoms with van der Waals surface area (Å²) in [5.41, 5.74) is 1.25. The van der Waals surface area contributed by atoms with E-state index in [1.807, 2.05) is 12.1 Å². The van der Waals surface area contributed by atoms with Crippen molar-refractivity contribution >= 4 is 27.4 Å². The lowest BCUT2D eigenvalue weighted by atomic mass is 10.2. The molecule has 1 N–H and O–H groups in total. The third-order valence-corrected chi connectivity index (χ3v) is 5.97. The molecular weight excluding hydrogens is 348 g/mol. The largest absolute Gasteiger partial charge is 0.467 e. The molecule has 6 nitrogen and oxygen atoms in total. The van der Waals surface area contributed by atoms with Gasteiger partial charge in [0, 0.05) is 18.0 Å². The minimum absolute atomic E-state index is 0.0407. The molecule has 1 atom stereocenters. The summed E-state index contributed by atoms with van der Waals surface area (Å²) >= 11 is 1.74. The van der Waals surface area contributed by atoms with Crippen molar-refractivity contribution in [3.8, 4) is 0 Å². The quantitative estimate of drug-likeness (QED) is 0.733. The minimum Gasteiger partial charge on any atom is -0.467 e. The maximum atomic E-state index is 5.54. The topological polar surface area (TPSA) is 63.4 Å². The first-order valence-corrected chi connectivity index (χ1v) is 9.80. The van der Waals surface area contributed by atoms with Gasteiger partial charge in [-0.25, -0.2) is 9.97 Å². The molecule has 0 aliphatic carbocycles. The summed E-state index contributed by atoms with van der Waals surface area (Å²) in [5.74, 6) is 2.65. The molecule has 1 aliphatic rings.